The number of hydrogen-bond donors (Lipinski definition) is 1. The first-order valence-electron chi connectivity index (χ1n) is 10.4. The fraction of sp³-hybridized carbons (Fsp3) is 0.417. The Morgan fingerprint density at radius 2 is 1.66 bits per heavy atom. The maximum absolute atomic E-state index is 13.2. The first kappa shape index (κ1) is 23.6. The molecule has 1 N–H and O–H groups in total. The number of nitrogens with one attached hydrogen (secondary N) is 1. The number of alkyl halides is 3. The van der Waals surface area contributed by atoms with E-state index in [4.69, 9.17) is 4.74 Å². The molecule has 2 amide bonds. The average molecular weight is 448 g/mol. The van der Waals surface area contributed by atoms with E-state index in [1.54, 1.807) is 52.1 Å². The summed E-state index contributed by atoms with van der Waals surface area (Å²) in [6.45, 7) is 5.25. The molecule has 32 heavy (non-hydrogen) atoms. The molecule has 0 spiro atoms. The van der Waals surface area contributed by atoms with Gasteiger partial charge in [0.15, 0.2) is 0 Å². The van der Waals surface area contributed by atoms with Crippen molar-refractivity contribution in [3.63, 3.8) is 0 Å². The molecule has 1 aliphatic rings. The Hall–Kier alpha value is -3.03. The van der Waals surface area contributed by atoms with Gasteiger partial charge in [-0.05, 0) is 74.9 Å². The maximum Gasteiger partial charge on any atom is 0.416 e. The summed E-state index contributed by atoms with van der Waals surface area (Å²) in [6, 6.07) is 11.1. The Morgan fingerprint density at radius 1 is 1.03 bits per heavy atom. The molecule has 0 aliphatic heterocycles. The van der Waals surface area contributed by atoms with Crippen LogP contribution < -0.4 is 10.2 Å². The summed E-state index contributed by atoms with van der Waals surface area (Å²) in [5, 5.41) is 2.69. The number of likely N-dealkylation sites (N-methyl/N-ethyl adjacent to an activating group) is 1. The van der Waals surface area contributed by atoms with Gasteiger partial charge < -0.3 is 15.0 Å². The maximum atomic E-state index is 13.2. The minimum Gasteiger partial charge on any atom is -0.444 e. The topological polar surface area (TPSA) is 58.6 Å². The Balaban J connectivity index is 1.77. The van der Waals surface area contributed by atoms with Crippen LogP contribution in [0.4, 0.5) is 23.7 Å². The van der Waals surface area contributed by atoms with E-state index in [1.165, 1.54) is 17.0 Å². The second-order valence-electron chi connectivity index (χ2n) is 8.98. The fourth-order valence-electron chi connectivity index (χ4n) is 3.33. The zero-order valence-electron chi connectivity index (χ0n) is 18.5. The minimum absolute atomic E-state index is 0.0514. The predicted molar refractivity (Wildman–Crippen MR) is 116 cm³/mol. The van der Waals surface area contributed by atoms with Crippen molar-refractivity contribution in [3.8, 4) is 11.1 Å². The van der Waals surface area contributed by atoms with Gasteiger partial charge >= 0.3 is 12.3 Å². The first-order chi connectivity index (χ1) is 14.8. The third-order valence-corrected chi connectivity index (χ3v) is 5.14. The smallest absolute Gasteiger partial charge is 0.416 e. The number of halogens is 3. The monoisotopic (exact) mass is 448 g/mol. The zero-order chi connectivity index (χ0) is 23.7. The van der Waals surface area contributed by atoms with E-state index < -0.39 is 29.5 Å². The summed E-state index contributed by atoms with van der Waals surface area (Å²) in [6.07, 6.45) is -3.36. The van der Waals surface area contributed by atoms with Crippen LogP contribution in [0.15, 0.2) is 48.5 Å². The molecule has 172 valence electrons. The van der Waals surface area contributed by atoms with E-state index in [0.29, 0.717) is 16.8 Å². The Labute approximate surface area is 185 Å². The summed E-state index contributed by atoms with van der Waals surface area (Å²) in [4.78, 5) is 26.8. The predicted octanol–water partition coefficient (Wildman–Crippen LogP) is 5.64. The number of anilines is 1. The van der Waals surface area contributed by atoms with E-state index >= 15 is 0 Å². The number of carbonyl (C=O) groups is 2. The van der Waals surface area contributed by atoms with Crippen molar-refractivity contribution in [3.05, 3.63) is 54.1 Å². The van der Waals surface area contributed by atoms with Gasteiger partial charge in [-0.1, -0.05) is 24.3 Å². The van der Waals surface area contributed by atoms with Crippen molar-refractivity contribution in [2.24, 2.45) is 5.92 Å². The van der Waals surface area contributed by atoms with Crippen LogP contribution in [0.2, 0.25) is 0 Å². The number of nitrogens with zero attached hydrogens (tertiary/aromatic N) is 1. The normalized spacial score (nSPS) is 15.1. The van der Waals surface area contributed by atoms with Gasteiger partial charge in [-0.2, -0.15) is 13.2 Å². The highest BCUT2D eigenvalue weighted by Gasteiger charge is 2.39. The largest absolute Gasteiger partial charge is 0.444 e. The summed E-state index contributed by atoms with van der Waals surface area (Å²) in [7, 11) is 1.61. The summed E-state index contributed by atoms with van der Waals surface area (Å²) in [5.74, 6) is -0.224. The number of hydrogen-bond acceptors (Lipinski definition) is 3. The van der Waals surface area contributed by atoms with E-state index in [2.05, 4.69) is 5.32 Å². The van der Waals surface area contributed by atoms with Crippen molar-refractivity contribution in [1.29, 1.82) is 0 Å². The molecule has 2 aromatic carbocycles. The van der Waals surface area contributed by atoms with Gasteiger partial charge in [0.2, 0.25) is 5.91 Å². The number of benzene rings is 2. The quantitative estimate of drug-likeness (QED) is 0.644. The molecule has 1 atom stereocenters. The molecule has 0 unspecified atom stereocenters. The highest BCUT2D eigenvalue weighted by molar-refractivity contribution is 5.99. The second-order valence-corrected chi connectivity index (χ2v) is 8.98. The van der Waals surface area contributed by atoms with Crippen molar-refractivity contribution < 1.29 is 27.5 Å². The van der Waals surface area contributed by atoms with Crippen molar-refractivity contribution >= 4 is 17.7 Å². The molecule has 3 rings (SSSR count). The highest BCUT2D eigenvalue weighted by Crippen LogP contribution is 2.35. The Kier molecular flexibility index (Phi) is 6.53. The second kappa shape index (κ2) is 8.84. The van der Waals surface area contributed by atoms with E-state index in [1.807, 2.05) is 0 Å². The van der Waals surface area contributed by atoms with Gasteiger partial charge in [-0.25, -0.2) is 4.79 Å². The minimum atomic E-state index is -4.40. The van der Waals surface area contributed by atoms with E-state index in [9.17, 15) is 22.8 Å². The van der Waals surface area contributed by atoms with Gasteiger partial charge in [-0.15, -0.1) is 0 Å². The molecule has 0 radical (unpaired) electrons. The SMILES string of the molecule is CN(C(=O)[C@H](NC(=O)OC(C)(C)C)C1CC1)c1cccc(-c2ccc(C(F)(F)F)cc2)c1. The van der Waals surface area contributed by atoms with Crippen LogP contribution in [0.1, 0.15) is 39.2 Å². The molecule has 5 nitrogen and oxygen atoms in total. The molecule has 2 aromatic rings. The van der Waals surface area contributed by atoms with E-state index in [-0.39, 0.29) is 11.8 Å². The third kappa shape index (κ3) is 6.02. The van der Waals surface area contributed by atoms with Crippen LogP contribution in [0.5, 0.6) is 0 Å². The van der Waals surface area contributed by atoms with Gasteiger partial charge in [0, 0.05) is 12.7 Å². The molecule has 1 aliphatic carbocycles. The van der Waals surface area contributed by atoms with Gasteiger partial charge in [0.05, 0.1) is 5.56 Å². The Bertz CT molecular complexity index is 977. The number of carbonyl (C=O) groups excluding carboxylic acids is 2. The number of ether oxygens (including phenoxy) is 1. The first-order valence-corrected chi connectivity index (χ1v) is 10.4. The molecule has 1 saturated carbocycles. The molecule has 0 saturated heterocycles. The van der Waals surface area contributed by atoms with Gasteiger partial charge in [0.1, 0.15) is 11.6 Å². The van der Waals surface area contributed by atoms with Crippen molar-refractivity contribution in [1.82, 2.24) is 5.32 Å². The molecular formula is C24H27F3N2O3. The Morgan fingerprint density at radius 3 is 2.19 bits per heavy atom. The number of alkyl carbamates (subject to hydrolysis) is 1. The molecule has 1 fully saturated rings. The molecule has 8 heteroatoms. The van der Waals surface area contributed by atoms with Crippen LogP contribution in [-0.4, -0.2) is 30.7 Å². The molecule has 0 heterocycles. The third-order valence-electron chi connectivity index (χ3n) is 5.14. The van der Waals surface area contributed by atoms with Crippen LogP contribution in [-0.2, 0) is 15.7 Å². The summed E-state index contributed by atoms with van der Waals surface area (Å²) in [5.41, 5.74) is 0.461. The molecular weight excluding hydrogens is 421 g/mol. The lowest BCUT2D eigenvalue weighted by Gasteiger charge is -2.27. The highest BCUT2D eigenvalue weighted by atomic mass is 19.4. The van der Waals surface area contributed by atoms with Crippen LogP contribution in [0.3, 0.4) is 0 Å². The lowest BCUT2D eigenvalue weighted by Crippen LogP contribution is -2.50. The number of rotatable bonds is 5. The van der Waals surface area contributed by atoms with E-state index in [0.717, 1.165) is 25.0 Å². The van der Waals surface area contributed by atoms with Gasteiger partial charge in [-0.3, -0.25) is 4.79 Å². The standard InChI is InChI=1S/C24H27F3N2O3/c1-23(2,3)32-22(31)28-20(16-8-9-16)21(30)29(4)19-7-5-6-17(14-19)15-10-12-18(13-11-15)24(25,26)27/h5-7,10-14,16,20H,8-9H2,1-4H3,(H,28,31)/t20-/m1/s1. The summed E-state index contributed by atoms with van der Waals surface area (Å²) < 4.78 is 43.8. The zero-order valence-corrected chi connectivity index (χ0v) is 18.5. The summed E-state index contributed by atoms with van der Waals surface area (Å²) >= 11 is 0. The number of amides is 2. The van der Waals surface area contributed by atoms with Crippen molar-refractivity contribution in [2.75, 3.05) is 11.9 Å². The van der Waals surface area contributed by atoms with Gasteiger partial charge in [0.25, 0.3) is 0 Å². The average Bonchev–Trinajstić information content (AvgIpc) is 3.54. The van der Waals surface area contributed by atoms with Crippen LogP contribution >= 0.6 is 0 Å². The van der Waals surface area contributed by atoms with Crippen molar-refractivity contribution in [2.45, 2.75) is 51.4 Å². The lowest BCUT2D eigenvalue weighted by atomic mass is 10.0. The van der Waals surface area contributed by atoms with Crippen LogP contribution in [0, 0.1) is 5.92 Å². The lowest BCUT2D eigenvalue weighted by molar-refractivity contribution is -0.137. The van der Waals surface area contributed by atoms with Crippen LogP contribution in [0.25, 0.3) is 11.1 Å². The molecule has 0 bridgehead atoms. The fourth-order valence-corrected chi connectivity index (χ4v) is 3.33. The molecule has 0 aromatic heterocycles.